The van der Waals surface area contributed by atoms with E-state index >= 15 is 4.79 Å². The first-order valence-corrected chi connectivity index (χ1v) is 18.6. The Morgan fingerprint density at radius 3 is 2.14 bits per heavy atom. The lowest BCUT2D eigenvalue weighted by molar-refractivity contribution is -0.117. The van der Waals surface area contributed by atoms with Crippen LogP contribution in [0.5, 0.6) is 5.75 Å². The van der Waals surface area contributed by atoms with E-state index < -0.39 is 11.1 Å². The van der Waals surface area contributed by atoms with Crippen molar-refractivity contribution in [1.29, 1.82) is 0 Å². The first kappa shape index (κ1) is 36.8. The van der Waals surface area contributed by atoms with Gasteiger partial charge in [-0.25, -0.2) is 4.79 Å². The van der Waals surface area contributed by atoms with Crippen molar-refractivity contribution in [3.63, 3.8) is 0 Å². The van der Waals surface area contributed by atoms with Crippen LogP contribution in [-0.4, -0.2) is 81.8 Å². The van der Waals surface area contributed by atoms with Gasteiger partial charge in [-0.15, -0.1) is 11.3 Å². The Balaban J connectivity index is 1.43. The standard InChI is InChI=1S/C38H43Cl2N7O3S/c1-7-50-30-20-31(36(2,3)4)42-21-29(30)34-44-37(5,25-8-12-27(39)13-9-25)38(6,26-10-14-28(40)15-11-26)47(34)35(49)46-18-16-45(17-19-46)23-32(48)43-33-22-41-24-51-33/h8-15,20-22,24H,7,16-19,23H2,1-6H3,(H,43,48)/t37-,38+/m0/s1. The van der Waals surface area contributed by atoms with Crippen LogP contribution in [0.1, 0.15) is 63.9 Å². The number of urea groups is 1. The monoisotopic (exact) mass is 747 g/mol. The van der Waals surface area contributed by atoms with Crippen molar-refractivity contribution < 1.29 is 14.3 Å². The van der Waals surface area contributed by atoms with Crippen LogP contribution in [0.4, 0.5) is 9.80 Å². The molecule has 1 N–H and O–H groups in total. The number of carbonyl (C=O) groups excluding carboxylic acids is 2. The van der Waals surface area contributed by atoms with Crippen molar-refractivity contribution in [2.45, 2.75) is 58.0 Å². The average Bonchev–Trinajstić information content (AvgIpc) is 3.69. The Kier molecular flexibility index (Phi) is 10.5. The molecule has 2 aromatic heterocycles. The molecule has 51 heavy (non-hydrogen) atoms. The summed E-state index contributed by atoms with van der Waals surface area (Å²) < 4.78 is 6.27. The predicted molar refractivity (Wildman–Crippen MR) is 204 cm³/mol. The Morgan fingerprint density at radius 2 is 1.57 bits per heavy atom. The molecule has 3 amide bonds. The molecule has 4 heterocycles. The minimum atomic E-state index is -1.05. The summed E-state index contributed by atoms with van der Waals surface area (Å²) in [5.41, 5.74) is 2.63. The molecule has 13 heteroatoms. The molecule has 2 aromatic carbocycles. The summed E-state index contributed by atoms with van der Waals surface area (Å²) in [6.45, 7) is 14.9. The average molecular weight is 749 g/mol. The Labute approximate surface area is 313 Å². The van der Waals surface area contributed by atoms with Crippen molar-refractivity contribution in [3.05, 3.63) is 105 Å². The van der Waals surface area contributed by atoms with Crippen LogP contribution < -0.4 is 10.1 Å². The number of hydrogen-bond donors (Lipinski definition) is 1. The van der Waals surface area contributed by atoms with Gasteiger partial charge in [0.15, 0.2) is 0 Å². The first-order chi connectivity index (χ1) is 24.2. The van der Waals surface area contributed by atoms with E-state index in [0.29, 0.717) is 65.0 Å². The molecule has 6 rings (SSSR count). The molecule has 0 bridgehead atoms. The van der Waals surface area contributed by atoms with Gasteiger partial charge in [0.1, 0.15) is 27.7 Å². The highest BCUT2D eigenvalue weighted by Crippen LogP contribution is 2.54. The molecule has 10 nitrogen and oxygen atoms in total. The number of rotatable bonds is 8. The SMILES string of the molecule is CCOc1cc(C(C)(C)C)ncc1C1=N[C@@](C)(c2ccc(Cl)cc2)[C@@](C)(c2ccc(Cl)cc2)N1C(=O)N1CCN(CC(=O)Nc2cncs2)CC1. The maximum Gasteiger partial charge on any atom is 0.326 e. The second-order valence-corrected chi connectivity index (χ2v) is 15.9. The van der Waals surface area contributed by atoms with Gasteiger partial charge in [0.25, 0.3) is 0 Å². The summed E-state index contributed by atoms with van der Waals surface area (Å²) in [7, 11) is 0. The number of aromatic nitrogens is 2. The van der Waals surface area contributed by atoms with Crippen molar-refractivity contribution >= 4 is 57.3 Å². The Hall–Kier alpha value is -4.03. The molecule has 2 atom stereocenters. The summed E-state index contributed by atoms with van der Waals surface area (Å²) in [6, 6.07) is 17.0. The van der Waals surface area contributed by atoms with Gasteiger partial charge in [0.2, 0.25) is 5.91 Å². The van der Waals surface area contributed by atoms with Gasteiger partial charge in [-0.3, -0.25) is 29.6 Å². The van der Waals surface area contributed by atoms with Crippen molar-refractivity contribution in [3.8, 4) is 5.75 Å². The summed E-state index contributed by atoms with van der Waals surface area (Å²) in [5, 5.41) is 4.79. The van der Waals surface area contributed by atoms with Crippen LogP contribution in [0.3, 0.4) is 0 Å². The molecule has 1 saturated heterocycles. The number of piperazine rings is 1. The van der Waals surface area contributed by atoms with Gasteiger partial charge < -0.3 is 15.0 Å². The number of benzene rings is 2. The number of carbonyl (C=O) groups is 2. The molecular weight excluding hydrogens is 705 g/mol. The molecule has 0 spiro atoms. The highest BCUT2D eigenvalue weighted by molar-refractivity contribution is 7.14. The molecule has 0 saturated carbocycles. The highest BCUT2D eigenvalue weighted by Gasteiger charge is 2.60. The quantitative estimate of drug-likeness (QED) is 0.197. The number of thiazole rings is 1. The fourth-order valence-electron chi connectivity index (χ4n) is 6.75. The number of amidine groups is 1. The predicted octanol–water partition coefficient (Wildman–Crippen LogP) is 7.81. The minimum Gasteiger partial charge on any atom is -0.493 e. The van der Waals surface area contributed by atoms with Crippen LogP contribution in [0.2, 0.25) is 10.0 Å². The van der Waals surface area contributed by atoms with E-state index in [9.17, 15) is 4.79 Å². The minimum absolute atomic E-state index is 0.114. The van der Waals surface area contributed by atoms with Gasteiger partial charge in [-0.05, 0) is 56.2 Å². The van der Waals surface area contributed by atoms with E-state index in [0.717, 1.165) is 16.8 Å². The zero-order valence-electron chi connectivity index (χ0n) is 29.7. The lowest BCUT2D eigenvalue weighted by Gasteiger charge is -2.47. The molecule has 1 fully saturated rings. The third-order valence-corrected chi connectivity index (χ3v) is 11.0. The van der Waals surface area contributed by atoms with Crippen LogP contribution in [0.15, 0.2) is 77.5 Å². The smallest absolute Gasteiger partial charge is 0.326 e. The zero-order valence-corrected chi connectivity index (χ0v) is 32.1. The van der Waals surface area contributed by atoms with Gasteiger partial charge in [0.05, 0.1) is 30.4 Å². The topological polar surface area (TPSA) is 103 Å². The summed E-state index contributed by atoms with van der Waals surface area (Å²) in [5.74, 6) is 0.943. The van der Waals surface area contributed by atoms with Gasteiger partial charge in [-0.2, -0.15) is 0 Å². The molecule has 0 unspecified atom stereocenters. The number of anilines is 1. The second-order valence-electron chi connectivity index (χ2n) is 14.1. The number of hydrogen-bond acceptors (Lipinski definition) is 8. The third kappa shape index (κ3) is 7.22. The molecule has 0 radical (unpaired) electrons. The lowest BCUT2D eigenvalue weighted by Crippen LogP contribution is -2.61. The zero-order chi connectivity index (χ0) is 36.6. The summed E-state index contributed by atoms with van der Waals surface area (Å²) in [6.07, 6.45) is 3.41. The molecule has 4 aromatic rings. The van der Waals surface area contributed by atoms with Gasteiger partial charge in [-0.1, -0.05) is 68.2 Å². The van der Waals surface area contributed by atoms with Gasteiger partial charge >= 0.3 is 6.03 Å². The fourth-order valence-corrected chi connectivity index (χ4v) is 7.54. The largest absolute Gasteiger partial charge is 0.493 e. The Morgan fingerprint density at radius 1 is 0.941 bits per heavy atom. The van der Waals surface area contributed by atoms with E-state index in [1.165, 1.54) is 11.3 Å². The summed E-state index contributed by atoms with van der Waals surface area (Å²) in [4.78, 5) is 48.1. The first-order valence-electron chi connectivity index (χ1n) is 17.0. The summed E-state index contributed by atoms with van der Waals surface area (Å²) >= 11 is 14.2. The number of halogens is 2. The van der Waals surface area contributed by atoms with Crippen LogP contribution in [0.25, 0.3) is 0 Å². The van der Waals surface area contributed by atoms with E-state index in [1.807, 2.05) is 71.3 Å². The molecule has 0 aliphatic carbocycles. The van der Waals surface area contributed by atoms with Crippen LogP contribution >= 0.6 is 34.5 Å². The Bertz CT molecular complexity index is 1910. The molecule has 2 aliphatic rings. The third-order valence-electron chi connectivity index (χ3n) is 9.82. The van der Waals surface area contributed by atoms with Crippen LogP contribution in [0, 0.1) is 0 Å². The van der Waals surface area contributed by atoms with E-state index in [4.69, 9.17) is 37.9 Å². The number of ether oxygens (including phenoxy) is 1. The van der Waals surface area contributed by atoms with Crippen molar-refractivity contribution in [1.82, 2.24) is 24.7 Å². The molecule has 2 aliphatic heterocycles. The molecule has 268 valence electrons. The number of amides is 3. The maximum atomic E-state index is 15.2. The second kappa shape index (κ2) is 14.5. The molecular formula is C38H43Cl2N7O3S. The number of aliphatic imine (C=N–C) groups is 1. The number of pyridine rings is 1. The highest BCUT2D eigenvalue weighted by atomic mass is 35.5. The lowest BCUT2D eigenvalue weighted by atomic mass is 9.71. The van der Waals surface area contributed by atoms with Gasteiger partial charge in [0, 0.05) is 59.6 Å². The van der Waals surface area contributed by atoms with E-state index in [2.05, 4.69) is 49.8 Å². The van der Waals surface area contributed by atoms with Crippen molar-refractivity contribution in [2.75, 3.05) is 44.6 Å². The van der Waals surface area contributed by atoms with E-state index in [1.54, 1.807) is 17.9 Å². The fraction of sp³-hybridized carbons (Fsp3) is 0.395. The van der Waals surface area contributed by atoms with Crippen LogP contribution in [-0.2, 0) is 21.3 Å². The number of nitrogens with zero attached hydrogens (tertiary/aromatic N) is 6. The normalized spacial score (nSPS) is 21.1. The van der Waals surface area contributed by atoms with E-state index in [-0.39, 0.29) is 23.9 Å². The maximum absolute atomic E-state index is 15.2. The van der Waals surface area contributed by atoms with Crippen molar-refractivity contribution in [2.24, 2.45) is 4.99 Å². The number of nitrogens with one attached hydrogen (secondary N) is 1.